The monoisotopic (exact) mass is 826 g/mol. The summed E-state index contributed by atoms with van der Waals surface area (Å²) in [5, 5.41) is 54.6. The number of nitrogens with two attached hydrogens (primary N) is 1. The fourth-order valence-corrected chi connectivity index (χ4v) is 10.1. The molecule has 304 valence electrons. The van der Waals surface area contributed by atoms with Crippen LogP contribution >= 0.6 is 23.1 Å². The van der Waals surface area contributed by atoms with E-state index in [1.54, 1.807) is 0 Å². The zero-order valence-corrected chi connectivity index (χ0v) is 32.8. The molecule has 2 aromatic rings. The highest BCUT2D eigenvalue weighted by Gasteiger charge is 2.57. The van der Waals surface area contributed by atoms with Crippen molar-refractivity contribution in [2.24, 2.45) is 16.5 Å². The number of ketones is 1. The summed E-state index contributed by atoms with van der Waals surface area (Å²) in [4.78, 5) is 88.2. The Labute approximate surface area is 333 Å². The van der Waals surface area contributed by atoms with Gasteiger partial charge in [0.15, 0.2) is 28.1 Å². The number of nitrogens with one attached hydrogen (secondary N) is 3. The molecule has 2 bridgehead atoms. The van der Waals surface area contributed by atoms with Crippen molar-refractivity contribution < 1.29 is 58.5 Å². The first kappa shape index (κ1) is 39.8. The summed E-state index contributed by atoms with van der Waals surface area (Å²) < 4.78 is 0.598. The quantitative estimate of drug-likeness (QED) is 0.0272. The normalized spacial score (nSPS) is 28.1. The van der Waals surface area contributed by atoms with Gasteiger partial charge in [-0.3, -0.25) is 24.1 Å². The van der Waals surface area contributed by atoms with Crippen molar-refractivity contribution in [2.75, 3.05) is 50.3 Å². The molecule has 7 heterocycles. The zero-order valence-electron chi connectivity index (χ0n) is 31.2. The van der Waals surface area contributed by atoms with E-state index in [1.165, 1.54) is 37.1 Å². The Hall–Kier alpha value is -5.41. The molecule has 57 heavy (non-hydrogen) atoms. The summed E-state index contributed by atoms with van der Waals surface area (Å²) in [5.41, 5.74) is 4.15. The molecule has 0 spiro atoms. The van der Waals surface area contributed by atoms with Gasteiger partial charge in [0.1, 0.15) is 29.6 Å². The number of carboxylic acids is 2. The maximum Gasteiger partial charge on any atom is 0.350 e. The molecule has 1 unspecified atom stereocenters. The van der Waals surface area contributed by atoms with Gasteiger partial charge in [-0.25, -0.2) is 9.78 Å². The number of carbonyl (C=O) groups is 6. The number of Topliss-reactive ketones (excluding diaryl/α,β-unsaturated/α-hetero) is 1. The van der Waals surface area contributed by atoms with Crippen LogP contribution in [-0.4, -0.2) is 132 Å². The molecule has 19 nitrogen and oxygen atoms in total. The number of hydrogen-bond donors (Lipinski definition) is 7. The maximum absolute atomic E-state index is 13.6. The van der Waals surface area contributed by atoms with Crippen molar-refractivity contribution in [3.63, 3.8) is 0 Å². The lowest BCUT2D eigenvalue weighted by Crippen LogP contribution is -2.72. The number of piperidine rings is 3. The number of phenolic OH excluding ortho intramolecular Hbond substituents is 2. The van der Waals surface area contributed by atoms with E-state index in [4.69, 9.17) is 10.6 Å². The predicted molar refractivity (Wildman–Crippen MR) is 203 cm³/mol. The van der Waals surface area contributed by atoms with Crippen LogP contribution in [0.25, 0.3) is 0 Å². The Balaban J connectivity index is 1.00. The van der Waals surface area contributed by atoms with Gasteiger partial charge in [0.2, 0.25) is 11.5 Å². The Morgan fingerprint density at radius 3 is 2.44 bits per heavy atom. The molecule has 21 heteroatoms. The van der Waals surface area contributed by atoms with E-state index in [-0.39, 0.29) is 45.0 Å². The van der Waals surface area contributed by atoms with Gasteiger partial charge in [-0.2, -0.15) is 0 Å². The summed E-state index contributed by atoms with van der Waals surface area (Å²) in [7, 11) is 0. The van der Waals surface area contributed by atoms with Gasteiger partial charge < -0.3 is 56.2 Å². The molecule has 0 radical (unpaired) electrons. The minimum atomic E-state index is -1.80. The smallest absolute Gasteiger partial charge is 0.350 e. The number of anilines is 2. The molecule has 1 aromatic heterocycles. The zero-order chi connectivity index (χ0) is 41.2. The van der Waals surface area contributed by atoms with Crippen molar-refractivity contribution >= 4 is 75.1 Å². The molecular weight excluding hydrogens is 785 g/mol. The van der Waals surface area contributed by atoms with E-state index in [1.807, 2.05) is 6.92 Å². The van der Waals surface area contributed by atoms with E-state index in [2.05, 4.69) is 26.1 Å². The first-order valence-electron chi connectivity index (χ1n) is 18.3. The number of quaternary nitrogens is 1. The average molecular weight is 827 g/mol. The van der Waals surface area contributed by atoms with Gasteiger partial charge in [0, 0.05) is 71.3 Å². The Morgan fingerprint density at radius 2 is 1.82 bits per heavy atom. The van der Waals surface area contributed by atoms with Gasteiger partial charge in [-0.15, -0.1) is 23.1 Å². The lowest BCUT2D eigenvalue weighted by Gasteiger charge is -2.57. The van der Waals surface area contributed by atoms with Crippen LogP contribution in [-0.2, 0) is 28.8 Å². The fourth-order valence-electron chi connectivity index (χ4n) is 8.08. The van der Waals surface area contributed by atoms with Gasteiger partial charge in [-0.05, 0) is 26.8 Å². The number of carboxylic acid groups (broad SMARTS) is 2. The van der Waals surface area contributed by atoms with Gasteiger partial charge in [0.05, 0.1) is 31.3 Å². The van der Waals surface area contributed by atoms with Crippen LogP contribution < -0.4 is 26.8 Å². The van der Waals surface area contributed by atoms with Gasteiger partial charge >= 0.3 is 5.97 Å². The van der Waals surface area contributed by atoms with Crippen LogP contribution in [0.1, 0.15) is 56.1 Å². The third-order valence-corrected chi connectivity index (χ3v) is 13.9. The van der Waals surface area contributed by atoms with Crippen molar-refractivity contribution in [3.8, 4) is 11.5 Å². The molecule has 4 saturated heterocycles. The number of carbonyl (C=O) groups excluding carboxylic acids is 5. The Kier molecular flexibility index (Phi) is 10.1. The van der Waals surface area contributed by atoms with Crippen molar-refractivity contribution in [2.45, 2.75) is 62.3 Å². The number of β-lactam (4-membered cyclic amide) rings is 1. The minimum absolute atomic E-state index is 0.00212. The molecule has 6 aliphatic rings. The van der Waals surface area contributed by atoms with Crippen LogP contribution in [0, 0.1) is 11.3 Å². The van der Waals surface area contributed by atoms with Gasteiger partial charge in [-0.1, -0.05) is 5.16 Å². The molecule has 6 aliphatic heterocycles. The molecule has 3 amide bonds. The summed E-state index contributed by atoms with van der Waals surface area (Å²) in [6.07, 6.45) is 2.24. The highest BCUT2D eigenvalue weighted by atomic mass is 32.2. The van der Waals surface area contributed by atoms with Crippen LogP contribution in [0.5, 0.6) is 11.5 Å². The van der Waals surface area contributed by atoms with E-state index in [9.17, 15) is 49.2 Å². The van der Waals surface area contributed by atoms with Crippen molar-refractivity contribution in [1.29, 1.82) is 0 Å². The van der Waals surface area contributed by atoms with Crippen LogP contribution in [0.4, 0.5) is 10.8 Å². The second kappa shape index (κ2) is 14.5. The first-order chi connectivity index (χ1) is 26.8. The summed E-state index contributed by atoms with van der Waals surface area (Å²) in [6.45, 7) is 7.23. The number of fused-ring (bicyclic) bond motifs is 5. The number of thiazole rings is 1. The highest BCUT2D eigenvalue weighted by molar-refractivity contribution is 8.00. The van der Waals surface area contributed by atoms with E-state index in [0.717, 1.165) is 41.6 Å². The van der Waals surface area contributed by atoms with E-state index in [0.29, 0.717) is 48.5 Å². The molecule has 4 atom stereocenters. The second-order valence-electron chi connectivity index (χ2n) is 15.7. The van der Waals surface area contributed by atoms with Crippen LogP contribution in [0.2, 0.25) is 0 Å². The largest absolute Gasteiger partial charge is 0.543 e. The molecule has 1 aromatic carbocycles. The van der Waals surface area contributed by atoms with Crippen molar-refractivity contribution in [1.82, 2.24) is 20.5 Å². The lowest BCUT2D eigenvalue weighted by molar-refractivity contribution is -0.941. The maximum atomic E-state index is 13.6. The summed E-state index contributed by atoms with van der Waals surface area (Å²) >= 11 is 2.34. The molecule has 0 saturated carbocycles. The fraction of sp³-hybridized carbons (Fsp3) is 0.500. The highest BCUT2D eigenvalue weighted by Crippen LogP contribution is 2.48. The number of nitrogens with zero attached hydrogens (tertiary/aromatic N) is 4. The first-order valence-corrected chi connectivity index (χ1v) is 20.1. The van der Waals surface area contributed by atoms with E-state index < -0.39 is 69.8 Å². The number of benzene rings is 1. The third-order valence-electron chi connectivity index (χ3n) is 11.8. The predicted octanol–water partition coefficient (Wildman–Crippen LogP) is -0.446. The summed E-state index contributed by atoms with van der Waals surface area (Å²) in [5.74, 6) is -7.10. The minimum Gasteiger partial charge on any atom is -0.543 e. The van der Waals surface area contributed by atoms with Crippen molar-refractivity contribution in [3.05, 3.63) is 40.0 Å². The number of aliphatic carboxylic acids is 2. The standard InChI is InChI=1S/C36H42N8O11S2/c1-16-19(13-44-7-4-36(5-8-44,6-9-44)15-39-28(48)18-12-38-20-11-23(46)22(45)10-17(20)27(18)47)26(32(51)52)43-30(50)25(31(43)57-16)41-29(49)24(21-14-56-34(37)40-21)42-55-35(2,3)33(53)54/h10-11,14,16,18,25,31H,4-9,12-13,15H2,1-3H3,(H8-,37,38,39,40,41,42,45,46,47,48,49,51,52,53,54)/t16-,18?,25+,31+,36?,44?/m0/s1. The second-order valence-corrected chi connectivity index (χ2v) is 18.1. The molecule has 8 rings (SSSR count). The van der Waals surface area contributed by atoms with E-state index >= 15 is 0 Å². The average Bonchev–Trinajstić information content (AvgIpc) is 3.60. The third kappa shape index (κ3) is 7.22. The van der Waals surface area contributed by atoms with Crippen LogP contribution in [0.3, 0.4) is 0 Å². The Morgan fingerprint density at radius 1 is 1.16 bits per heavy atom. The van der Waals surface area contributed by atoms with Gasteiger partial charge in [0.25, 0.3) is 11.8 Å². The topological polar surface area (TPSA) is 286 Å². The summed E-state index contributed by atoms with van der Waals surface area (Å²) in [6, 6.07) is 1.26. The molecule has 8 N–H and O–H groups in total. The SMILES string of the molecule is C[C@@H]1S[C@@H]2[C@H](NC(=O)/C(=N\OC(C)(C)C(=O)O)c3csc(N)n3)C(=O)N2C(C(=O)[O-])=C1C[N+]12CCC(CNC(=O)C3CNc4cc(O)c(O)cc4C3=O)(CC1)CC2. The number of aromatic hydroxyl groups is 2. The number of nitrogen functional groups attached to an aromatic ring is 1. The molecule has 0 aliphatic carbocycles. The molecule has 4 fully saturated rings. The number of oxime groups is 1. The number of thioether (sulfide) groups is 1. The number of amides is 3. The Bertz CT molecular complexity index is 2130. The lowest BCUT2D eigenvalue weighted by atomic mass is 9.70. The number of phenols is 2. The van der Waals surface area contributed by atoms with Crippen LogP contribution in [0.15, 0.2) is 33.9 Å². The molecular formula is C36H42N8O11S2. The number of aromatic nitrogens is 1. The number of hydrogen-bond acceptors (Lipinski definition) is 16. The number of rotatable bonds is 12.